The molecule has 2 rings (SSSR count). The van der Waals surface area contributed by atoms with E-state index in [1.165, 1.54) is 11.3 Å². The summed E-state index contributed by atoms with van der Waals surface area (Å²) < 4.78 is 0.794. The molecule has 0 atom stereocenters. The van der Waals surface area contributed by atoms with E-state index in [1.807, 2.05) is 30.3 Å². The van der Waals surface area contributed by atoms with Crippen molar-refractivity contribution in [2.24, 2.45) is 10.9 Å². The van der Waals surface area contributed by atoms with Crippen LogP contribution in [0.5, 0.6) is 0 Å². The van der Waals surface area contributed by atoms with Crippen LogP contribution in [0.15, 0.2) is 52.1 Å². The minimum atomic E-state index is 0.0902. The highest BCUT2D eigenvalue weighted by molar-refractivity contribution is 9.10. The molecule has 5 heteroatoms. The van der Waals surface area contributed by atoms with Gasteiger partial charge in [0.2, 0.25) is 0 Å². The summed E-state index contributed by atoms with van der Waals surface area (Å²) in [5.74, 6) is 0.0902. The van der Waals surface area contributed by atoms with Gasteiger partial charge >= 0.3 is 0 Å². The highest BCUT2D eigenvalue weighted by Gasteiger charge is 2.12. The lowest BCUT2D eigenvalue weighted by molar-refractivity contribution is 0.318. The second kappa shape index (κ2) is 6.63. The fraction of sp³-hybridized carbons (Fsp3) is 0.188. The van der Waals surface area contributed by atoms with Crippen molar-refractivity contribution in [3.8, 4) is 0 Å². The molecule has 0 heterocycles. The van der Waals surface area contributed by atoms with Crippen LogP contribution in [0.4, 0.5) is 11.4 Å². The molecule has 0 radical (unpaired) electrons. The molecule has 0 unspecified atom stereocenters. The molecule has 0 aliphatic rings. The van der Waals surface area contributed by atoms with E-state index in [0.717, 1.165) is 16.7 Å². The van der Waals surface area contributed by atoms with Crippen molar-refractivity contribution in [1.82, 2.24) is 0 Å². The number of halogens is 1. The molecule has 0 saturated carbocycles. The molecule has 4 nitrogen and oxygen atoms in total. The first-order valence-corrected chi connectivity index (χ1v) is 7.48. The predicted molar refractivity (Wildman–Crippen MR) is 90.5 cm³/mol. The van der Waals surface area contributed by atoms with Crippen molar-refractivity contribution in [3.05, 3.63) is 58.1 Å². The first-order chi connectivity index (χ1) is 10.1. The van der Waals surface area contributed by atoms with Gasteiger partial charge in [0.25, 0.3) is 0 Å². The Hall–Kier alpha value is -2.01. The molecule has 0 aliphatic carbocycles. The highest BCUT2D eigenvalue weighted by atomic mass is 79.9. The average Bonchev–Trinajstić information content (AvgIpc) is 2.49. The number of benzene rings is 2. The quantitative estimate of drug-likeness (QED) is 0.380. The Morgan fingerprint density at radius 2 is 2.00 bits per heavy atom. The first kappa shape index (κ1) is 15.4. The Morgan fingerprint density at radius 3 is 2.57 bits per heavy atom. The van der Waals surface area contributed by atoms with Gasteiger partial charge < -0.3 is 15.8 Å². The molecular formula is C16H18BrN3O. The number of amidine groups is 1. The monoisotopic (exact) mass is 347 g/mol. The van der Waals surface area contributed by atoms with Crippen LogP contribution in [0.2, 0.25) is 0 Å². The number of anilines is 2. The first-order valence-electron chi connectivity index (χ1n) is 6.69. The Balaban J connectivity index is 2.45. The molecule has 0 amide bonds. The van der Waals surface area contributed by atoms with Crippen LogP contribution in [-0.2, 0) is 0 Å². The Morgan fingerprint density at radius 1 is 1.29 bits per heavy atom. The molecular weight excluding hydrogens is 330 g/mol. The van der Waals surface area contributed by atoms with Gasteiger partial charge in [0.1, 0.15) is 0 Å². The summed E-state index contributed by atoms with van der Waals surface area (Å²) in [6.07, 6.45) is 0. The molecule has 2 aromatic rings. The Labute approximate surface area is 133 Å². The van der Waals surface area contributed by atoms with Crippen molar-refractivity contribution >= 4 is 33.1 Å². The minimum absolute atomic E-state index is 0.0902. The second-order valence-corrected chi connectivity index (χ2v) is 5.53. The largest absolute Gasteiger partial charge is 0.409 e. The van der Waals surface area contributed by atoms with E-state index in [4.69, 9.17) is 10.9 Å². The second-order valence-electron chi connectivity index (χ2n) is 4.68. The molecule has 0 spiro atoms. The molecule has 2 aromatic carbocycles. The molecule has 0 saturated heterocycles. The molecule has 0 aromatic heterocycles. The van der Waals surface area contributed by atoms with Gasteiger partial charge in [-0.25, -0.2) is 0 Å². The van der Waals surface area contributed by atoms with E-state index in [0.29, 0.717) is 5.56 Å². The zero-order valence-electron chi connectivity index (χ0n) is 12.0. The summed E-state index contributed by atoms with van der Waals surface area (Å²) in [7, 11) is 0. The zero-order valence-corrected chi connectivity index (χ0v) is 13.6. The van der Waals surface area contributed by atoms with Crippen molar-refractivity contribution in [1.29, 1.82) is 0 Å². The van der Waals surface area contributed by atoms with Gasteiger partial charge in [-0.1, -0.05) is 23.4 Å². The number of hydrogen-bond acceptors (Lipinski definition) is 3. The third-order valence-corrected chi connectivity index (χ3v) is 4.03. The van der Waals surface area contributed by atoms with Gasteiger partial charge in [-0.2, -0.15) is 0 Å². The number of para-hydroxylation sites is 1. The maximum absolute atomic E-state index is 8.78. The number of oxime groups is 1. The third-order valence-electron chi connectivity index (χ3n) is 3.37. The van der Waals surface area contributed by atoms with Crippen LogP contribution in [0, 0.1) is 6.92 Å². The van der Waals surface area contributed by atoms with Gasteiger partial charge in [-0.15, -0.1) is 0 Å². The van der Waals surface area contributed by atoms with E-state index in [1.54, 1.807) is 0 Å². The zero-order chi connectivity index (χ0) is 15.4. The average molecular weight is 348 g/mol. The Kier molecular flexibility index (Phi) is 4.85. The normalized spacial score (nSPS) is 11.5. The molecule has 0 aliphatic heterocycles. The maximum Gasteiger partial charge on any atom is 0.171 e. The fourth-order valence-electron chi connectivity index (χ4n) is 2.29. The van der Waals surface area contributed by atoms with Gasteiger partial charge in [-0.05, 0) is 59.6 Å². The van der Waals surface area contributed by atoms with Crippen LogP contribution >= 0.6 is 15.9 Å². The van der Waals surface area contributed by atoms with E-state index >= 15 is 0 Å². The third kappa shape index (κ3) is 3.19. The number of hydrogen-bond donors (Lipinski definition) is 2. The highest BCUT2D eigenvalue weighted by Crippen LogP contribution is 2.31. The van der Waals surface area contributed by atoms with Crippen LogP contribution in [0.3, 0.4) is 0 Å². The molecule has 0 bridgehead atoms. The molecule has 21 heavy (non-hydrogen) atoms. The number of rotatable bonds is 4. The van der Waals surface area contributed by atoms with Crippen molar-refractivity contribution in [2.75, 3.05) is 11.4 Å². The van der Waals surface area contributed by atoms with Crippen LogP contribution in [0.25, 0.3) is 0 Å². The van der Waals surface area contributed by atoms with E-state index in [-0.39, 0.29) is 5.84 Å². The minimum Gasteiger partial charge on any atom is -0.409 e. The topological polar surface area (TPSA) is 61.8 Å². The Bertz CT molecular complexity index is 670. The fourth-order valence-corrected chi connectivity index (χ4v) is 2.86. The lowest BCUT2D eigenvalue weighted by Gasteiger charge is -2.25. The summed E-state index contributed by atoms with van der Waals surface area (Å²) in [6.45, 7) is 5.05. The standard InChI is InChI=1S/C16H18BrN3O/c1-3-20(15-7-5-4-6-11(15)2)12-8-9-13(14(17)10-12)16(18)19-21/h4-10,21H,3H2,1-2H3,(H2,18,19). The summed E-state index contributed by atoms with van der Waals surface area (Å²) in [5, 5.41) is 11.8. The summed E-state index contributed by atoms with van der Waals surface area (Å²) in [5.41, 5.74) is 9.75. The number of aryl methyl sites for hydroxylation is 1. The summed E-state index contributed by atoms with van der Waals surface area (Å²) >= 11 is 3.48. The summed E-state index contributed by atoms with van der Waals surface area (Å²) in [6, 6.07) is 14.0. The molecule has 0 fully saturated rings. The van der Waals surface area contributed by atoms with E-state index < -0.39 is 0 Å². The van der Waals surface area contributed by atoms with E-state index in [9.17, 15) is 0 Å². The number of nitrogens with two attached hydrogens (primary N) is 1. The van der Waals surface area contributed by atoms with Gasteiger partial charge in [0.15, 0.2) is 5.84 Å². The lowest BCUT2D eigenvalue weighted by Crippen LogP contribution is -2.18. The summed E-state index contributed by atoms with van der Waals surface area (Å²) in [4.78, 5) is 2.22. The molecule has 3 N–H and O–H groups in total. The lowest BCUT2D eigenvalue weighted by atomic mass is 10.1. The van der Waals surface area contributed by atoms with Crippen molar-refractivity contribution in [2.45, 2.75) is 13.8 Å². The molecule has 110 valence electrons. The number of nitrogens with zero attached hydrogens (tertiary/aromatic N) is 2. The van der Waals surface area contributed by atoms with Crippen LogP contribution < -0.4 is 10.6 Å². The smallest absolute Gasteiger partial charge is 0.171 e. The van der Waals surface area contributed by atoms with Crippen molar-refractivity contribution < 1.29 is 5.21 Å². The van der Waals surface area contributed by atoms with Crippen molar-refractivity contribution in [3.63, 3.8) is 0 Å². The predicted octanol–water partition coefficient (Wildman–Crippen LogP) is 4.01. The van der Waals surface area contributed by atoms with Gasteiger partial charge in [-0.3, -0.25) is 0 Å². The van der Waals surface area contributed by atoms with Gasteiger partial charge in [0, 0.05) is 28.0 Å². The van der Waals surface area contributed by atoms with E-state index in [2.05, 4.69) is 52.0 Å². The van der Waals surface area contributed by atoms with Crippen LogP contribution in [-0.4, -0.2) is 17.6 Å². The van der Waals surface area contributed by atoms with Gasteiger partial charge in [0.05, 0.1) is 0 Å². The van der Waals surface area contributed by atoms with Crippen LogP contribution in [0.1, 0.15) is 18.1 Å². The maximum atomic E-state index is 8.78. The SMILES string of the molecule is CCN(c1ccc(/C(N)=N/O)c(Br)c1)c1ccccc1C.